The van der Waals surface area contributed by atoms with Gasteiger partial charge in [-0.2, -0.15) is 10.2 Å². The summed E-state index contributed by atoms with van der Waals surface area (Å²) in [7, 11) is 0. The van der Waals surface area contributed by atoms with Gasteiger partial charge in [-0.1, -0.05) is 19.9 Å². The Morgan fingerprint density at radius 1 is 1.08 bits per heavy atom. The first-order valence-electron chi connectivity index (χ1n) is 8.26. The zero-order valence-corrected chi connectivity index (χ0v) is 14.4. The minimum atomic E-state index is -0.362. The smallest absolute Gasteiger partial charge is 0.153 e. The summed E-state index contributed by atoms with van der Waals surface area (Å²) in [6.45, 7) is 8.70. The molecule has 5 heteroatoms. The van der Waals surface area contributed by atoms with Crippen LogP contribution in [-0.4, -0.2) is 24.4 Å². The maximum absolute atomic E-state index is 4.71. The van der Waals surface area contributed by atoms with E-state index in [1.807, 2.05) is 24.5 Å². The number of nitrogens with zero attached hydrogens (tertiary/aromatic N) is 5. The first-order chi connectivity index (χ1) is 11.5. The van der Waals surface area contributed by atoms with Gasteiger partial charge in [0.05, 0.1) is 17.4 Å². The molecule has 0 radical (unpaired) electrons. The number of aromatic nitrogens is 5. The molecular formula is C19H21N5. The lowest BCUT2D eigenvalue weighted by Crippen LogP contribution is -2.30. The number of benzene rings is 1. The van der Waals surface area contributed by atoms with Gasteiger partial charge in [0, 0.05) is 17.8 Å². The summed E-state index contributed by atoms with van der Waals surface area (Å²) in [6.07, 6.45) is 5.57. The van der Waals surface area contributed by atoms with E-state index in [0.717, 1.165) is 22.2 Å². The van der Waals surface area contributed by atoms with E-state index in [9.17, 15) is 0 Å². The highest BCUT2D eigenvalue weighted by Gasteiger charge is 2.27. The van der Waals surface area contributed by atoms with Crippen molar-refractivity contribution in [3.63, 3.8) is 0 Å². The Morgan fingerprint density at radius 2 is 1.92 bits per heavy atom. The molecule has 0 spiro atoms. The highest BCUT2D eigenvalue weighted by atomic mass is 15.3. The molecule has 0 aliphatic heterocycles. The van der Waals surface area contributed by atoms with E-state index >= 15 is 0 Å². The van der Waals surface area contributed by atoms with Gasteiger partial charge in [0.25, 0.3) is 0 Å². The second kappa shape index (κ2) is 5.16. The van der Waals surface area contributed by atoms with Gasteiger partial charge in [0.2, 0.25) is 0 Å². The Morgan fingerprint density at radius 3 is 2.71 bits per heavy atom. The number of hydrogen-bond acceptors (Lipinski definition) is 3. The topological polar surface area (TPSA) is 48.0 Å². The monoisotopic (exact) mass is 319 g/mol. The fourth-order valence-corrected chi connectivity index (χ4v) is 3.11. The standard InChI is InChI=1S/C19H21N5/c1-13(2)14-5-6-16-15(11-14)12-21-24(16)19(3,4)17-7-8-18-20-9-10-23(18)22-17/h5-13H,1-4H3. The molecule has 0 saturated carbocycles. The van der Waals surface area contributed by atoms with Crippen LogP contribution in [0.25, 0.3) is 16.6 Å². The molecule has 0 amide bonds. The van der Waals surface area contributed by atoms with Gasteiger partial charge in [-0.15, -0.1) is 0 Å². The molecule has 1 aromatic carbocycles. The van der Waals surface area contributed by atoms with Gasteiger partial charge in [0.1, 0.15) is 5.54 Å². The van der Waals surface area contributed by atoms with Crippen molar-refractivity contribution in [1.29, 1.82) is 0 Å². The zero-order valence-electron chi connectivity index (χ0n) is 14.4. The van der Waals surface area contributed by atoms with E-state index in [2.05, 4.69) is 60.7 Å². The SMILES string of the molecule is CC(C)c1ccc2c(cnn2C(C)(C)c2ccc3nccn3n2)c1. The summed E-state index contributed by atoms with van der Waals surface area (Å²) in [5, 5.41) is 10.5. The van der Waals surface area contributed by atoms with Gasteiger partial charge in [-0.3, -0.25) is 4.68 Å². The molecule has 0 aliphatic rings. The molecule has 0 unspecified atom stereocenters. The highest BCUT2D eigenvalue weighted by Crippen LogP contribution is 2.29. The van der Waals surface area contributed by atoms with Crippen LogP contribution in [0.2, 0.25) is 0 Å². The summed E-state index contributed by atoms with van der Waals surface area (Å²) in [5.41, 5.74) is 3.89. The number of fused-ring (bicyclic) bond motifs is 2. The fourth-order valence-electron chi connectivity index (χ4n) is 3.11. The molecule has 0 bridgehead atoms. The van der Waals surface area contributed by atoms with Gasteiger partial charge in [-0.05, 0) is 49.6 Å². The number of rotatable bonds is 3. The van der Waals surface area contributed by atoms with Crippen LogP contribution in [0, 0.1) is 0 Å². The normalized spacial score (nSPS) is 12.5. The van der Waals surface area contributed by atoms with Gasteiger partial charge in [0.15, 0.2) is 5.65 Å². The summed E-state index contributed by atoms with van der Waals surface area (Å²) in [5.74, 6) is 0.510. The Kier molecular flexibility index (Phi) is 3.20. The molecule has 3 heterocycles. The molecule has 0 fully saturated rings. The number of imidazole rings is 1. The van der Waals surface area contributed by atoms with E-state index in [-0.39, 0.29) is 5.54 Å². The molecule has 122 valence electrons. The molecule has 0 aliphatic carbocycles. The summed E-state index contributed by atoms with van der Waals surface area (Å²) in [6, 6.07) is 10.6. The van der Waals surface area contributed by atoms with Crippen molar-refractivity contribution in [2.75, 3.05) is 0 Å². The van der Waals surface area contributed by atoms with E-state index in [4.69, 9.17) is 5.10 Å². The van der Waals surface area contributed by atoms with Crippen LogP contribution in [0.5, 0.6) is 0 Å². The quantitative estimate of drug-likeness (QED) is 0.574. The Bertz CT molecular complexity index is 1020. The second-order valence-corrected chi connectivity index (χ2v) is 7.04. The molecule has 0 atom stereocenters. The summed E-state index contributed by atoms with van der Waals surface area (Å²) in [4.78, 5) is 4.26. The lowest BCUT2D eigenvalue weighted by Gasteiger charge is -2.25. The Labute approximate surface area is 140 Å². The molecular weight excluding hydrogens is 298 g/mol. The van der Waals surface area contributed by atoms with Crippen molar-refractivity contribution in [2.45, 2.75) is 39.2 Å². The van der Waals surface area contributed by atoms with Crippen LogP contribution in [0.1, 0.15) is 44.9 Å². The highest BCUT2D eigenvalue weighted by molar-refractivity contribution is 5.80. The first kappa shape index (κ1) is 14.9. The van der Waals surface area contributed by atoms with Gasteiger partial charge < -0.3 is 0 Å². The van der Waals surface area contributed by atoms with Crippen molar-refractivity contribution in [3.8, 4) is 0 Å². The average Bonchev–Trinajstić information content (AvgIpc) is 3.20. The van der Waals surface area contributed by atoms with Gasteiger partial charge >= 0.3 is 0 Å². The minimum Gasteiger partial charge on any atom is -0.253 e. The zero-order chi connectivity index (χ0) is 16.9. The average molecular weight is 319 g/mol. The maximum Gasteiger partial charge on any atom is 0.153 e. The van der Waals surface area contributed by atoms with E-state index < -0.39 is 0 Å². The molecule has 4 aromatic rings. The summed E-state index contributed by atoms with van der Waals surface area (Å²) >= 11 is 0. The van der Waals surface area contributed by atoms with Crippen LogP contribution >= 0.6 is 0 Å². The van der Waals surface area contributed by atoms with Crippen LogP contribution in [0.3, 0.4) is 0 Å². The van der Waals surface area contributed by atoms with E-state index in [1.54, 1.807) is 10.7 Å². The van der Waals surface area contributed by atoms with Crippen molar-refractivity contribution in [1.82, 2.24) is 24.4 Å². The predicted molar refractivity (Wildman–Crippen MR) is 95.2 cm³/mol. The lowest BCUT2D eigenvalue weighted by molar-refractivity contribution is 0.388. The van der Waals surface area contributed by atoms with Crippen LogP contribution in [0.15, 0.2) is 48.9 Å². The van der Waals surface area contributed by atoms with Crippen LogP contribution in [0.4, 0.5) is 0 Å². The van der Waals surface area contributed by atoms with Crippen LogP contribution < -0.4 is 0 Å². The molecule has 24 heavy (non-hydrogen) atoms. The van der Waals surface area contributed by atoms with Gasteiger partial charge in [-0.25, -0.2) is 9.50 Å². The maximum atomic E-state index is 4.71. The van der Waals surface area contributed by atoms with E-state index in [1.165, 1.54) is 5.56 Å². The first-order valence-corrected chi connectivity index (χ1v) is 8.26. The molecule has 0 N–H and O–H groups in total. The van der Waals surface area contributed by atoms with Crippen molar-refractivity contribution in [3.05, 3.63) is 60.2 Å². The Hall–Kier alpha value is -2.69. The van der Waals surface area contributed by atoms with Crippen molar-refractivity contribution in [2.24, 2.45) is 0 Å². The molecule has 0 saturated heterocycles. The van der Waals surface area contributed by atoms with E-state index in [0.29, 0.717) is 5.92 Å². The van der Waals surface area contributed by atoms with Crippen LogP contribution in [-0.2, 0) is 5.54 Å². The molecule has 5 nitrogen and oxygen atoms in total. The molecule has 4 rings (SSSR count). The third kappa shape index (κ3) is 2.19. The second-order valence-electron chi connectivity index (χ2n) is 7.04. The third-order valence-electron chi connectivity index (χ3n) is 4.67. The van der Waals surface area contributed by atoms with Crippen molar-refractivity contribution >= 4 is 16.6 Å². The minimum absolute atomic E-state index is 0.362. The Balaban J connectivity index is 1.85. The number of hydrogen-bond donors (Lipinski definition) is 0. The fraction of sp³-hybridized carbons (Fsp3) is 0.316. The largest absolute Gasteiger partial charge is 0.253 e. The third-order valence-corrected chi connectivity index (χ3v) is 4.67. The van der Waals surface area contributed by atoms with Crippen molar-refractivity contribution < 1.29 is 0 Å². The predicted octanol–water partition coefficient (Wildman–Crippen LogP) is 3.99. The summed E-state index contributed by atoms with van der Waals surface area (Å²) < 4.78 is 3.86. The lowest BCUT2D eigenvalue weighted by atomic mass is 9.99. The molecule has 3 aromatic heterocycles.